The molecule has 0 aromatic carbocycles. The number of anilines is 2. The number of aromatic nitrogens is 1. The predicted molar refractivity (Wildman–Crippen MR) is 68.4 cm³/mol. The van der Waals surface area contributed by atoms with E-state index in [4.69, 9.17) is 5.73 Å². The second kappa shape index (κ2) is 3.96. The fraction of sp³-hybridized carbons (Fsp3) is 0.615. The first-order valence-electron chi connectivity index (χ1n) is 5.95. The van der Waals surface area contributed by atoms with E-state index in [2.05, 4.69) is 24.1 Å². The van der Waals surface area contributed by atoms with Gasteiger partial charge in [0.15, 0.2) is 0 Å². The Morgan fingerprint density at radius 2 is 2.25 bits per heavy atom. The van der Waals surface area contributed by atoms with Gasteiger partial charge < -0.3 is 11.1 Å². The quantitative estimate of drug-likeness (QED) is 0.804. The molecule has 3 N–H and O–H groups in total. The average Bonchev–Trinajstić information content (AvgIpc) is 2.51. The summed E-state index contributed by atoms with van der Waals surface area (Å²) in [7, 11) is 0. The molecule has 1 aliphatic carbocycles. The van der Waals surface area contributed by atoms with Gasteiger partial charge in [0.25, 0.3) is 0 Å². The van der Waals surface area contributed by atoms with Gasteiger partial charge in [0, 0.05) is 12.2 Å². The monoisotopic (exact) mass is 219 g/mol. The summed E-state index contributed by atoms with van der Waals surface area (Å²) in [4.78, 5) is 4.35. The average molecular weight is 219 g/mol. The molecule has 16 heavy (non-hydrogen) atoms. The highest BCUT2D eigenvalue weighted by Crippen LogP contribution is 2.38. The third-order valence-corrected chi connectivity index (χ3v) is 3.36. The lowest BCUT2D eigenvalue weighted by Gasteiger charge is -2.19. The van der Waals surface area contributed by atoms with Crippen molar-refractivity contribution in [3.8, 4) is 0 Å². The molecule has 1 aliphatic rings. The van der Waals surface area contributed by atoms with E-state index in [0.717, 1.165) is 17.1 Å². The molecule has 1 aromatic heterocycles. The van der Waals surface area contributed by atoms with Crippen LogP contribution in [0.4, 0.5) is 11.5 Å². The van der Waals surface area contributed by atoms with Crippen LogP contribution in [0.15, 0.2) is 12.3 Å². The number of nitrogens with one attached hydrogen (secondary N) is 1. The Kier molecular flexibility index (Phi) is 2.78. The molecule has 0 aliphatic heterocycles. The maximum atomic E-state index is 5.94. The SMILES string of the molecule is Cc1cnc(NC2CCC(C)(C)C2)c(N)c1. The maximum absolute atomic E-state index is 5.94. The van der Waals surface area contributed by atoms with Crippen LogP contribution in [0.25, 0.3) is 0 Å². The smallest absolute Gasteiger partial charge is 0.149 e. The minimum absolute atomic E-state index is 0.455. The Morgan fingerprint density at radius 1 is 1.50 bits per heavy atom. The Morgan fingerprint density at radius 3 is 2.81 bits per heavy atom. The Bertz CT molecular complexity index is 385. The van der Waals surface area contributed by atoms with Crippen LogP contribution >= 0.6 is 0 Å². The van der Waals surface area contributed by atoms with E-state index in [1.807, 2.05) is 19.2 Å². The highest BCUT2D eigenvalue weighted by atomic mass is 15.0. The fourth-order valence-corrected chi connectivity index (χ4v) is 2.47. The van der Waals surface area contributed by atoms with Crippen molar-refractivity contribution >= 4 is 11.5 Å². The van der Waals surface area contributed by atoms with Crippen molar-refractivity contribution in [3.05, 3.63) is 17.8 Å². The molecule has 1 saturated carbocycles. The standard InChI is InChI=1S/C13H21N3/c1-9-6-11(14)12(15-8-9)16-10-4-5-13(2,3)7-10/h6,8,10H,4-5,7,14H2,1-3H3,(H,15,16). The van der Waals surface area contributed by atoms with Crippen molar-refractivity contribution in [2.24, 2.45) is 5.41 Å². The molecule has 1 heterocycles. The molecule has 88 valence electrons. The Labute approximate surface area is 97.5 Å². The van der Waals surface area contributed by atoms with Crippen LogP contribution in [-0.2, 0) is 0 Å². The summed E-state index contributed by atoms with van der Waals surface area (Å²) >= 11 is 0. The molecule has 2 rings (SSSR count). The fourth-order valence-electron chi connectivity index (χ4n) is 2.47. The van der Waals surface area contributed by atoms with E-state index in [1.54, 1.807) is 0 Å². The third kappa shape index (κ3) is 2.46. The van der Waals surface area contributed by atoms with E-state index >= 15 is 0 Å². The minimum atomic E-state index is 0.455. The van der Waals surface area contributed by atoms with Gasteiger partial charge in [-0.1, -0.05) is 13.8 Å². The Hall–Kier alpha value is -1.25. The molecule has 1 aromatic rings. The maximum Gasteiger partial charge on any atom is 0.149 e. The van der Waals surface area contributed by atoms with Gasteiger partial charge in [-0.2, -0.15) is 0 Å². The summed E-state index contributed by atoms with van der Waals surface area (Å²) in [6, 6.07) is 2.49. The van der Waals surface area contributed by atoms with E-state index < -0.39 is 0 Å². The second-order valence-electron chi connectivity index (χ2n) is 5.70. The summed E-state index contributed by atoms with van der Waals surface area (Å²) in [5, 5.41) is 3.46. The molecule has 0 amide bonds. The number of nitrogens with zero attached hydrogens (tertiary/aromatic N) is 1. The van der Waals surface area contributed by atoms with E-state index in [-0.39, 0.29) is 0 Å². The molecule has 0 bridgehead atoms. The molecule has 1 unspecified atom stereocenters. The van der Waals surface area contributed by atoms with Crippen LogP contribution < -0.4 is 11.1 Å². The Balaban J connectivity index is 2.05. The number of aryl methyl sites for hydroxylation is 1. The second-order valence-corrected chi connectivity index (χ2v) is 5.70. The normalized spacial score (nSPS) is 23.3. The molecule has 0 saturated heterocycles. The molecule has 3 heteroatoms. The number of pyridine rings is 1. The summed E-state index contributed by atoms with van der Waals surface area (Å²) in [5.41, 5.74) is 8.26. The van der Waals surface area contributed by atoms with Gasteiger partial charge in [-0.15, -0.1) is 0 Å². The van der Waals surface area contributed by atoms with Gasteiger partial charge in [-0.05, 0) is 43.2 Å². The van der Waals surface area contributed by atoms with Crippen molar-refractivity contribution < 1.29 is 0 Å². The van der Waals surface area contributed by atoms with E-state index in [0.29, 0.717) is 11.5 Å². The number of nitrogen functional groups attached to an aromatic ring is 1. The third-order valence-electron chi connectivity index (χ3n) is 3.36. The largest absolute Gasteiger partial charge is 0.396 e. The highest BCUT2D eigenvalue weighted by molar-refractivity contribution is 5.62. The zero-order chi connectivity index (χ0) is 11.8. The van der Waals surface area contributed by atoms with Gasteiger partial charge in [0.1, 0.15) is 5.82 Å². The number of hydrogen-bond donors (Lipinski definition) is 2. The molecule has 3 nitrogen and oxygen atoms in total. The first-order valence-corrected chi connectivity index (χ1v) is 5.95. The number of hydrogen-bond acceptors (Lipinski definition) is 3. The summed E-state index contributed by atoms with van der Waals surface area (Å²) < 4.78 is 0. The first-order chi connectivity index (χ1) is 7.46. The van der Waals surface area contributed by atoms with Crippen molar-refractivity contribution in [1.29, 1.82) is 0 Å². The van der Waals surface area contributed by atoms with Crippen LogP contribution in [0, 0.1) is 12.3 Å². The van der Waals surface area contributed by atoms with Crippen molar-refractivity contribution in [1.82, 2.24) is 4.98 Å². The van der Waals surface area contributed by atoms with Crippen LogP contribution in [0.3, 0.4) is 0 Å². The van der Waals surface area contributed by atoms with Crippen molar-refractivity contribution in [3.63, 3.8) is 0 Å². The zero-order valence-electron chi connectivity index (χ0n) is 10.4. The van der Waals surface area contributed by atoms with Gasteiger partial charge in [-0.25, -0.2) is 4.98 Å². The lowest BCUT2D eigenvalue weighted by Crippen LogP contribution is -2.19. The van der Waals surface area contributed by atoms with Crippen LogP contribution in [0.1, 0.15) is 38.7 Å². The van der Waals surface area contributed by atoms with Gasteiger partial charge >= 0.3 is 0 Å². The molecule has 1 fully saturated rings. The summed E-state index contributed by atoms with van der Waals surface area (Å²) in [6.07, 6.45) is 5.54. The van der Waals surface area contributed by atoms with E-state index in [1.165, 1.54) is 19.3 Å². The van der Waals surface area contributed by atoms with E-state index in [9.17, 15) is 0 Å². The lowest BCUT2D eigenvalue weighted by molar-refractivity contribution is 0.378. The summed E-state index contributed by atoms with van der Waals surface area (Å²) in [5.74, 6) is 0.841. The van der Waals surface area contributed by atoms with Crippen LogP contribution in [0.5, 0.6) is 0 Å². The van der Waals surface area contributed by atoms with Gasteiger partial charge in [0.2, 0.25) is 0 Å². The van der Waals surface area contributed by atoms with Crippen LogP contribution in [-0.4, -0.2) is 11.0 Å². The number of rotatable bonds is 2. The van der Waals surface area contributed by atoms with Gasteiger partial charge in [-0.3, -0.25) is 0 Å². The molecule has 1 atom stereocenters. The minimum Gasteiger partial charge on any atom is -0.396 e. The predicted octanol–water partition coefficient (Wildman–Crippen LogP) is 2.96. The topological polar surface area (TPSA) is 50.9 Å². The molecular weight excluding hydrogens is 198 g/mol. The lowest BCUT2D eigenvalue weighted by atomic mass is 9.92. The van der Waals surface area contributed by atoms with Crippen molar-refractivity contribution in [2.45, 2.75) is 46.1 Å². The van der Waals surface area contributed by atoms with Gasteiger partial charge in [0.05, 0.1) is 5.69 Å². The summed E-state index contributed by atoms with van der Waals surface area (Å²) in [6.45, 7) is 6.65. The van der Waals surface area contributed by atoms with Crippen molar-refractivity contribution in [2.75, 3.05) is 11.1 Å². The number of nitrogens with two attached hydrogens (primary N) is 1. The first kappa shape index (κ1) is 11.2. The zero-order valence-corrected chi connectivity index (χ0v) is 10.4. The molecular formula is C13H21N3. The van der Waals surface area contributed by atoms with Crippen LogP contribution in [0.2, 0.25) is 0 Å². The molecule has 0 radical (unpaired) electrons. The molecule has 0 spiro atoms. The highest BCUT2D eigenvalue weighted by Gasteiger charge is 2.31.